The molecule has 1 amide bonds. The van der Waals surface area contributed by atoms with Gasteiger partial charge in [0.15, 0.2) is 0 Å². The first-order valence-electron chi connectivity index (χ1n) is 6.15. The normalized spacial score (nSPS) is 16.8. The van der Waals surface area contributed by atoms with Crippen LogP contribution in [0.4, 0.5) is 4.39 Å². The quantitative estimate of drug-likeness (QED) is 0.819. The summed E-state index contributed by atoms with van der Waals surface area (Å²) in [6, 6.07) is 2.69. The highest BCUT2D eigenvalue weighted by atomic mass is 19.1. The second kappa shape index (κ2) is 5.75. The highest BCUT2D eigenvalue weighted by Crippen LogP contribution is 2.22. The zero-order valence-corrected chi connectivity index (χ0v) is 9.79. The molecule has 0 spiro atoms. The first kappa shape index (κ1) is 12.0. The predicted molar refractivity (Wildman–Crippen MR) is 63.1 cm³/mol. The Morgan fingerprint density at radius 3 is 2.88 bits per heavy atom. The maximum atomic E-state index is 12.8. The molecule has 0 aromatic carbocycles. The molecule has 92 valence electrons. The fraction of sp³-hybridized carbons (Fsp3) is 0.538. The molecule has 1 aliphatic carbocycles. The molecule has 3 nitrogen and oxygen atoms in total. The molecule has 1 saturated carbocycles. The van der Waals surface area contributed by atoms with Gasteiger partial charge in [-0.3, -0.25) is 4.79 Å². The fourth-order valence-electron chi connectivity index (χ4n) is 2.27. The minimum Gasteiger partial charge on any atom is -0.352 e. The minimum atomic E-state index is -0.615. The van der Waals surface area contributed by atoms with Crippen LogP contribution in [0.15, 0.2) is 18.3 Å². The molecular formula is C13H17FN2O. The van der Waals surface area contributed by atoms with Crippen LogP contribution in [0.2, 0.25) is 0 Å². The predicted octanol–water partition coefficient (Wildman–Crippen LogP) is 2.53. The van der Waals surface area contributed by atoms with Gasteiger partial charge in [0.25, 0.3) is 5.91 Å². The van der Waals surface area contributed by atoms with Crippen LogP contribution >= 0.6 is 0 Å². The van der Waals surface area contributed by atoms with E-state index in [1.165, 1.54) is 44.4 Å². The number of nitrogens with zero attached hydrogens (tertiary/aromatic N) is 1. The average Bonchev–Trinajstić information content (AvgIpc) is 2.37. The molecule has 4 heteroatoms. The van der Waals surface area contributed by atoms with Gasteiger partial charge in [-0.1, -0.05) is 19.3 Å². The van der Waals surface area contributed by atoms with E-state index in [0.717, 1.165) is 6.07 Å². The first-order chi connectivity index (χ1) is 8.25. The van der Waals surface area contributed by atoms with Crippen molar-refractivity contribution in [1.29, 1.82) is 0 Å². The summed E-state index contributed by atoms with van der Waals surface area (Å²) in [6.07, 6.45) is 7.50. The lowest BCUT2D eigenvalue weighted by Gasteiger charge is -2.21. The lowest BCUT2D eigenvalue weighted by Crippen LogP contribution is -2.30. The molecule has 17 heavy (non-hydrogen) atoms. The van der Waals surface area contributed by atoms with Crippen molar-refractivity contribution in [2.45, 2.75) is 32.1 Å². The minimum absolute atomic E-state index is 0.211. The lowest BCUT2D eigenvalue weighted by molar-refractivity contribution is 0.0943. The van der Waals surface area contributed by atoms with Crippen LogP contribution in [0.25, 0.3) is 0 Å². The van der Waals surface area contributed by atoms with E-state index in [9.17, 15) is 9.18 Å². The van der Waals surface area contributed by atoms with Gasteiger partial charge in [-0.25, -0.2) is 4.98 Å². The molecule has 0 aliphatic heterocycles. The van der Waals surface area contributed by atoms with Crippen LogP contribution in [0.1, 0.15) is 42.5 Å². The van der Waals surface area contributed by atoms with Crippen LogP contribution in [0.3, 0.4) is 0 Å². The molecule has 1 heterocycles. The maximum Gasteiger partial charge on any atom is 0.251 e. The molecule has 1 aliphatic rings. The molecule has 1 aromatic rings. The Morgan fingerprint density at radius 1 is 1.41 bits per heavy atom. The van der Waals surface area contributed by atoms with Crippen LogP contribution in [-0.4, -0.2) is 17.4 Å². The van der Waals surface area contributed by atoms with Gasteiger partial charge in [-0.05, 0) is 24.8 Å². The second-order valence-corrected chi connectivity index (χ2v) is 4.58. The maximum absolute atomic E-state index is 12.8. The molecule has 1 fully saturated rings. The number of rotatable bonds is 3. The average molecular weight is 236 g/mol. The smallest absolute Gasteiger partial charge is 0.251 e. The second-order valence-electron chi connectivity index (χ2n) is 4.58. The largest absolute Gasteiger partial charge is 0.352 e. The Bertz CT molecular complexity index is 389. The van der Waals surface area contributed by atoms with E-state index in [1.54, 1.807) is 0 Å². The molecule has 0 unspecified atom stereocenters. The number of hydrogen-bond acceptors (Lipinski definition) is 2. The number of hydrogen-bond donors (Lipinski definition) is 1. The number of carbonyl (C=O) groups is 1. The molecule has 0 radical (unpaired) electrons. The van der Waals surface area contributed by atoms with Gasteiger partial charge in [-0.2, -0.15) is 4.39 Å². The van der Waals surface area contributed by atoms with E-state index < -0.39 is 5.95 Å². The summed E-state index contributed by atoms with van der Waals surface area (Å²) in [5.74, 6) is -0.244. The third kappa shape index (κ3) is 3.51. The number of pyridine rings is 1. The zero-order valence-electron chi connectivity index (χ0n) is 9.79. The zero-order chi connectivity index (χ0) is 12.1. The summed E-state index contributed by atoms with van der Waals surface area (Å²) in [6.45, 7) is 0.697. The van der Waals surface area contributed by atoms with Gasteiger partial charge < -0.3 is 5.32 Å². The molecular weight excluding hydrogens is 219 g/mol. The summed E-state index contributed by atoms with van der Waals surface area (Å²) in [4.78, 5) is 15.2. The fourth-order valence-corrected chi connectivity index (χ4v) is 2.27. The standard InChI is InChI=1S/C13H17FN2O/c14-12-8-11(6-7-15-12)13(17)16-9-10-4-2-1-3-5-10/h6-8,10H,1-5,9H2,(H,16,17). The first-order valence-corrected chi connectivity index (χ1v) is 6.15. The van der Waals surface area contributed by atoms with Crippen LogP contribution in [0.5, 0.6) is 0 Å². The van der Waals surface area contributed by atoms with Gasteiger partial charge >= 0.3 is 0 Å². The van der Waals surface area contributed by atoms with Crippen molar-refractivity contribution >= 4 is 5.91 Å². The van der Waals surface area contributed by atoms with Gasteiger partial charge in [0.2, 0.25) is 5.95 Å². The van der Waals surface area contributed by atoms with E-state index in [0.29, 0.717) is 18.0 Å². The Hall–Kier alpha value is -1.45. The SMILES string of the molecule is O=C(NCC1CCCCC1)c1ccnc(F)c1. The number of nitrogens with one attached hydrogen (secondary N) is 1. The lowest BCUT2D eigenvalue weighted by atomic mass is 9.89. The van der Waals surface area contributed by atoms with Gasteiger partial charge in [-0.15, -0.1) is 0 Å². The van der Waals surface area contributed by atoms with Crippen molar-refractivity contribution in [3.63, 3.8) is 0 Å². The third-order valence-corrected chi connectivity index (χ3v) is 3.26. The molecule has 1 N–H and O–H groups in total. The van der Waals surface area contributed by atoms with Crippen molar-refractivity contribution in [2.75, 3.05) is 6.54 Å². The van der Waals surface area contributed by atoms with Crippen molar-refractivity contribution < 1.29 is 9.18 Å². The molecule has 1 aromatic heterocycles. The van der Waals surface area contributed by atoms with Crippen molar-refractivity contribution in [1.82, 2.24) is 10.3 Å². The van der Waals surface area contributed by atoms with E-state index >= 15 is 0 Å². The van der Waals surface area contributed by atoms with E-state index in [2.05, 4.69) is 10.3 Å². The van der Waals surface area contributed by atoms with Crippen LogP contribution in [0, 0.1) is 11.9 Å². The van der Waals surface area contributed by atoms with Gasteiger partial charge in [0, 0.05) is 24.4 Å². The molecule has 0 bridgehead atoms. The summed E-state index contributed by atoms with van der Waals surface area (Å²) < 4.78 is 12.8. The van der Waals surface area contributed by atoms with Crippen LogP contribution < -0.4 is 5.32 Å². The Kier molecular flexibility index (Phi) is 4.07. The number of carbonyl (C=O) groups excluding carboxylic acids is 1. The Morgan fingerprint density at radius 2 is 2.18 bits per heavy atom. The van der Waals surface area contributed by atoms with E-state index in [1.807, 2.05) is 0 Å². The summed E-state index contributed by atoms with van der Waals surface area (Å²) >= 11 is 0. The third-order valence-electron chi connectivity index (χ3n) is 3.26. The monoisotopic (exact) mass is 236 g/mol. The topological polar surface area (TPSA) is 42.0 Å². The molecule has 0 atom stereocenters. The molecule has 2 rings (SSSR count). The van der Waals surface area contributed by atoms with Gasteiger partial charge in [0.1, 0.15) is 0 Å². The van der Waals surface area contributed by atoms with E-state index in [4.69, 9.17) is 0 Å². The summed E-state index contributed by atoms with van der Waals surface area (Å²) in [5.41, 5.74) is 0.341. The number of amides is 1. The Balaban J connectivity index is 1.84. The number of aromatic nitrogens is 1. The summed E-state index contributed by atoms with van der Waals surface area (Å²) in [5, 5.41) is 2.86. The highest BCUT2D eigenvalue weighted by molar-refractivity contribution is 5.93. The van der Waals surface area contributed by atoms with Crippen molar-refractivity contribution in [3.05, 3.63) is 29.8 Å². The summed E-state index contributed by atoms with van der Waals surface area (Å²) in [7, 11) is 0. The molecule has 0 saturated heterocycles. The highest BCUT2D eigenvalue weighted by Gasteiger charge is 2.15. The van der Waals surface area contributed by atoms with E-state index in [-0.39, 0.29) is 5.91 Å². The van der Waals surface area contributed by atoms with Gasteiger partial charge in [0.05, 0.1) is 0 Å². The van der Waals surface area contributed by atoms with Crippen molar-refractivity contribution in [3.8, 4) is 0 Å². The van der Waals surface area contributed by atoms with Crippen molar-refractivity contribution in [2.24, 2.45) is 5.92 Å². The Labute approximate surface area is 100 Å². The number of halogens is 1. The van der Waals surface area contributed by atoms with Crippen LogP contribution in [-0.2, 0) is 0 Å².